The van der Waals surface area contributed by atoms with E-state index in [9.17, 15) is 14.4 Å². The number of hydrogen-bond donors (Lipinski definition) is 1. The smallest absolute Gasteiger partial charge is 0.356 e. The Kier molecular flexibility index (Phi) is 9.13. The number of hydrogen-bond acceptors (Lipinski definition) is 8. The quantitative estimate of drug-likeness (QED) is 0.431. The van der Waals surface area contributed by atoms with Crippen LogP contribution in [0.3, 0.4) is 0 Å². The van der Waals surface area contributed by atoms with Gasteiger partial charge >= 0.3 is 11.9 Å². The van der Waals surface area contributed by atoms with Gasteiger partial charge in [0.15, 0.2) is 6.10 Å². The average Bonchev–Trinajstić information content (AvgIpc) is 2.96. The molecule has 2 fully saturated rings. The first-order valence-electron chi connectivity index (χ1n) is 12.8. The molecular formula is C28H34N4O5. The monoisotopic (exact) mass is 506 g/mol. The molecule has 9 nitrogen and oxygen atoms in total. The van der Waals surface area contributed by atoms with Gasteiger partial charge in [-0.05, 0) is 37.1 Å². The summed E-state index contributed by atoms with van der Waals surface area (Å²) in [5, 5.41) is 2.71. The van der Waals surface area contributed by atoms with Crippen LogP contribution >= 0.6 is 0 Å². The number of benzene rings is 1. The first-order chi connectivity index (χ1) is 18.0. The Balaban J connectivity index is 1.46. The molecule has 4 rings (SSSR count). The van der Waals surface area contributed by atoms with Gasteiger partial charge in [0.25, 0.3) is 5.91 Å². The normalized spacial score (nSPS) is 17.6. The van der Waals surface area contributed by atoms with E-state index in [-0.39, 0.29) is 11.6 Å². The van der Waals surface area contributed by atoms with Crippen molar-refractivity contribution in [2.45, 2.75) is 38.2 Å². The highest BCUT2D eigenvalue weighted by atomic mass is 16.5. The van der Waals surface area contributed by atoms with E-state index in [1.54, 1.807) is 36.7 Å². The molecule has 2 aliphatic rings. The van der Waals surface area contributed by atoms with Crippen molar-refractivity contribution in [2.24, 2.45) is 5.92 Å². The molecule has 1 unspecified atom stereocenters. The number of pyridine rings is 1. The highest BCUT2D eigenvalue weighted by Crippen LogP contribution is 2.29. The topological polar surface area (TPSA) is 101 Å². The van der Waals surface area contributed by atoms with E-state index in [1.807, 2.05) is 29.2 Å². The number of aromatic nitrogens is 1. The van der Waals surface area contributed by atoms with Crippen LogP contribution in [0, 0.1) is 5.92 Å². The van der Waals surface area contributed by atoms with E-state index in [4.69, 9.17) is 9.47 Å². The van der Waals surface area contributed by atoms with Crippen molar-refractivity contribution in [3.63, 3.8) is 0 Å². The Hall–Kier alpha value is -3.88. The maximum atomic E-state index is 13.4. The van der Waals surface area contributed by atoms with Crippen molar-refractivity contribution >= 4 is 23.7 Å². The fourth-order valence-electron chi connectivity index (χ4n) is 4.81. The number of carbonyl (C=O) groups is 3. The van der Waals surface area contributed by atoms with Gasteiger partial charge in [-0.3, -0.25) is 4.79 Å². The Morgan fingerprint density at radius 1 is 0.973 bits per heavy atom. The SMILES string of the molecule is COC(=O)/C(=C\N1CCN(c2ccccn2)CC1)NC(=O)C(OC(=O)c1ccccc1)C1CCCCC1. The number of ether oxygens (including phenoxy) is 2. The highest BCUT2D eigenvalue weighted by Gasteiger charge is 2.34. The van der Waals surface area contributed by atoms with E-state index in [0.29, 0.717) is 18.7 Å². The fourth-order valence-corrected chi connectivity index (χ4v) is 4.81. The van der Waals surface area contributed by atoms with E-state index < -0.39 is 23.9 Å². The molecule has 0 radical (unpaired) electrons. The standard InChI is InChI=1S/C28H34N4O5/c1-36-28(35)23(20-31-16-18-32(19-17-31)24-14-8-9-15-29-24)30-26(33)25(21-10-4-2-5-11-21)37-27(34)22-12-6-3-7-13-22/h3,6-9,12-15,20-21,25H,2,4-5,10-11,16-19H2,1H3,(H,30,33)/b23-20+. The number of methoxy groups -OCH3 is 1. The summed E-state index contributed by atoms with van der Waals surface area (Å²) in [6.45, 7) is 2.72. The van der Waals surface area contributed by atoms with Crippen molar-refractivity contribution in [2.75, 3.05) is 38.2 Å². The largest absolute Gasteiger partial charge is 0.464 e. The number of esters is 2. The van der Waals surface area contributed by atoms with E-state index in [2.05, 4.69) is 15.2 Å². The van der Waals surface area contributed by atoms with Gasteiger partial charge in [0.1, 0.15) is 11.5 Å². The molecule has 0 bridgehead atoms. The van der Waals surface area contributed by atoms with Gasteiger partial charge in [0, 0.05) is 44.5 Å². The van der Waals surface area contributed by atoms with Crippen LogP contribution in [0.4, 0.5) is 5.82 Å². The summed E-state index contributed by atoms with van der Waals surface area (Å²) < 4.78 is 10.7. The summed E-state index contributed by atoms with van der Waals surface area (Å²) in [4.78, 5) is 47.4. The number of piperazine rings is 1. The lowest BCUT2D eigenvalue weighted by Crippen LogP contribution is -2.47. The zero-order valence-electron chi connectivity index (χ0n) is 21.2. The molecule has 9 heteroatoms. The second-order valence-electron chi connectivity index (χ2n) is 9.32. The molecule has 2 heterocycles. The van der Waals surface area contributed by atoms with Crippen LogP contribution < -0.4 is 10.2 Å². The molecule has 1 aliphatic carbocycles. The third-order valence-electron chi connectivity index (χ3n) is 6.84. The first-order valence-corrected chi connectivity index (χ1v) is 12.8. The zero-order chi connectivity index (χ0) is 26.0. The van der Waals surface area contributed by atoms with Crippen molar-refractivity contribution in [3.05, 3.63) is 72.2 Å². The molecule has 1 aliphatic heterocycles. The van der Waals surface area contributed by atoms with Crippen LogP contribution in [0.25, 0.3) is 0 Å². The summed E-state index contributed by atoms with van der Waals surface area (Å²) in [6.07, 6.45) is 6.99. The van der Waals surface area contributed by atoms with Crippen LogP contribution in [-0.4, -0.2) is 67.1 Å². The van der Waals surface area contributed by atoms with Crippen LogP contribution in [0.15, 0.2) is 66.6 Å². The highest BCUT2D eigenvalue weighted by molar-refractivity contribution is 5.97. The molecule has 1 atom stereocenters. The number of rotatable bonds is 8. The third-order valence-corrected chi connectivity index (χ3v) is 6.84. The average molecular weight is 507 g/mol. The minimum atomic E-state index is -0.998. The second-order valence-corrected chi connectivity index (χ2v) is 9.32. The third kappa shape index (κ3) is 7.09. The number of carbonyl (C=O) groups excluding carboxylic acids is 3. The Labute approximate surface area is 217 Å². The lowest BCUT2D eigenvalue weighted by molar-refractivity contribution is -0.140. The fraction of sp³-hybridized carbons (Fsp3) is 0.429. The van der Waals surface area contributed by atoms with Crippen LogP contribution in [0.1, 0.15) is 42.5 Å². The van der Waals surface area contributed by atoms with E-state index in [1.165, 1.54) is 7.11 Å². The number of nitrogens with zero attached hydrogens (tertiary/aromatic N) is 3. The van der Waals surface area contributed by atoms with E-state index >= 15 is 0 Å². The summed E-state index contributed by atoms with van der Waals surface area (Å²) in [5.74, 6) is -0.928. The maximum Gasteiger partial charge on any atom is 0.356 e. The summed E-state index contributed by atoms with van der Waals surface area (Å²) >= 11 is 0. The maximum absolute atomic E-state index is 13.4. The minimum Gasteiger partial charge on any atom is -0.464 e. The zero-order valence-corrected chi connectivity index (χ0v) is 21.2. The van der Waals surface area contributed by atoms with Crippen molar-refractivity contribution in [1.82, 2.24) is 15.2 Å². The molecule has 2 aromatic rings. The molecule has 1 saturated heterocycles. The van der Waals surface area contributed by atoms with E-state index in [0.717, 1.165) is 51.0 Å². The number of nitrogens with one attached hydrogen (secondary N) is 1. The Morgan fingerprint density at radius 3 is 2.32 bits per heavy atom. The van der Waals surface area contributed by atoms with Gasteiger partial charge in [-0.15, -0.1) is 0 Å². The molecule has 1 aromatic carbocycles. The van der Waals surface area contributed by atoms with Gasteiger partial charge < -0.3 is 24.6 Å². The lowest BCUT2D eigenvalue weighted by atomic mass is 9.84. The minimum absolute atomic E-state index is 0.0235. The summed E-state index contributed by atoms with van der Waals surface area (Å²) in [5.41, 5.74) is 0.404. The Bertz CT molecular complexity index is 1080. The molecule has 1 N–H and O–H groups in total. The molecule has 37 heavy (non-hydrogen) atoms. The lowest BCUT2D eigenvalue weighted by Gasteiger charge is -2.35. The molecule has 1 aromatic heterocycles. The van der Waals surface area contributed by atoms with Gasteiger partial charge in [-0.1, -0.05) is 43.5 Å². The van der Waals surface area contributed by atoms with Crippen molar-refractivity contribution in [3.8, 4) is 0 Å². The van der Waals surface area contributed by atoms with Gasteiger partial charge in [-0.25, -0.2) is 14.6 Å². The van der Waals surface area contributed by atoms with Crippen molar-refractivity contribution < 1.29 is 23.9 Å². The Morgan fingerprint density at radius 2 is 1.68 bits per heavy atom. The predicted octanol–water partition coefficient (Wildman–Crippen LogP) is 3.14. The molecule has 1 saturated carbocycles. The van der Waals surface area contributed by atoms with Crippen molar-refractivity contribution in [1.29, 1.82) is 0 Å². The first kappa shape index (κ1) is 26.2. The van der Waals surface area contributed by atoms with Gasteiger partial charge in [0.05, 0.1) is 12.7 Å². The van der Waals surface area contributed by atoms with Crippen LogP contribution in [-0.2, 0) is 19.1 Å². The van der Waals surface area contributed by atoms with Crippen LogP contribution in [0.5, 0.6) is 0 Å². The molecular weight excluding hydrogens is 472 g/mol. The molecule has 0 spiro atoms. The number of amides is 1. The van der Waals surface area contributed by atoms with Gasteiger partial charge in [0.2, 0.25) is 0 Å². The summed E-state index contributed by atoms with van der Waals surface area (Å²) in [6, 6.07) is 14.4. The van der Waals surface area contributed by atoms with Crippen LogP contribution in [0.2, 0.25) is 0 Å². The second kappa shape index (κ2) is 12.9. The predicted molar refractivity (Wildman–Crippen MR) is 138 cm³/mol. The number of anilines is 1. The molecule has 1 amide bonds. The molecule has 196 valence electrons. The summed E-state index contributed by atoms with van der Waals surface area (Å²) in [7, 11) is 1.27. The van der Waals surface area contributed by atoms with Gasteiger partial charge in [-0.2, -0.15) is 0 Å².